The molecule has 0 aliphatic rings. The maximum absolute atomic E-state index is 14.7. The Labute approximate surface area is 264 Å². The Morgan fingerprint density at radius 1 is 0.826 bits per heavy atom. The highest BCUT2D eigenvalue weighted by atomic mass is 19.4. The maximum Gasteiger partial charge on any atom is 0.487 e. The summed E-state index contributed by atoms with van der Waals surface area (Å²) in [7, 11) is 0. The van der Waals surface area contributed by atoms with Crippen molar-refractivity contribution in [2.45, 2.75) is 70.6 Å². The highest BCUT2D eigenvalue weighted by Crippen LogP contribution is 2.44. The molecule has 1 heterocycles. The van der Waals surface area contributed by atoms with Gasteiger partial charge < -0.3 is 19.9 Å². The summed E-state index contributed by atoms with van der Waals surface area (Å²) in [6, 6.07) is 21.2. The van der Waals surface area contributed by atoms with Crippen LogP contribution in [0, 0.1) is 5.82 Å². The average Bonchev–Trinajstić information content (AvgIpc) is 3.34. The number of aromatic nitrogens is 1. The maximum atomic E-state index is 14.7. The molecule has 0 aliphatic heterocycles. The molecule has 1 amide bonds. The summed E-state index contributed by atoms with van der Waals surface area (Å²) in [6.07, 6.45) is -8.27. The summed E-state index contributed by atoms with van der Waals surface area (Å²) in [4.78, 5) is 25.2. The minimum atomic E-state index is -5.04. The zero-order chi connectivity index (χ0) is 33.6. The lowest BCUT2D eigenvalue weighted by atomic mass is 9.92. The predicted molar refractivity (Wildman–Crippen MR) is 165 cm³/mol. The number of rotatable bonds is 13. The van der Waals surface area contributed by atoms with Crippen LogP contribution >= 0.6 is 0 Å². The zero-order valence-corrected chi connectivity index (χ0v) is 25.4. The van der Waals surface area contributed by atoms with Crippen LogP contribution in [-0.2, 0) is 17.8 Å². The lowest BCUT2D eigenvalue weighted by Gasteiger charge is -2.27. The van der Waals surface area contributed by atoms with Gasteiger partial charge in [-0.15, -0.1) is 13.2 Å². The number of alkyl halides is 3. The van der Waals surface area contributed by atoms with E-state index in [9.17, 15) is 37.4 Å². The summed E-state index contributed by atoms with van der Waals surface area (Å²) in [5.41, 5.74) is 2.03. The van der Waals surface area contributed by atoms with Crippen molar-refractivity contribution in [1.82, 2.24) is 9.47 Å². The van der Waals surface area contributed by atoms with Gasteiger partial charge in [0.15, 0.2) is 0 Å². The van der Waals surface area contributed by atoms with Gasteiger partial charge >= 0.3 is 12.3 Å². The van der Waals surface area contributed by atoms with Gasteiger partial charge in [-0.1, -0.05) is 72.8 Å². The molecule has 0 fully saturated rings. The molecule has 0 saturated carbocycles. The molecule has 3 N–H and O–H groups in total. The number of halogens is 4. The van der Waals surface area contributed by atoms with Crippen LogP contribution in [0.4, 0.5) is 17.6 Å². The molecular formula is C35H36F4N2O5. The zero-order valence-electron chi connectivity index (χ0n) is 25.4. The van der Waals surface area contributed by atoms with E-state index >= 15 is 0 Å². The topological polar surface area (TPSA) is 103 Å². The second-order valence-corrected chi connectivity index (χ2v) is 11.4. The molecule has 4 rings (SSSR count). The van der Waals surface area contributed by atoms with E-state index in [-0.39, 0.29) is 41.0 Å². The van der Waals surface area contributed by atoms with E-state index in [1.165, 1.54) is 41.0 Å². The molecule has 2 unspecified atom stereocenters. The molecule has 244 valence electrons. The number of carbonyl (C=O) groups is 2. The Morgan fingerprint density at radius 2 is 1.39 bits per heavy atom. The molecule has 7 nitrogen and oxygen atoms in total. The van der Waals surface area contributed by atoms with Crippen molar-refractivity contribution in [3.8, 4) is 22.3 Å². The van der Waals surface area contributed by atoms with E-state index < -0.39 is 55.2 Å². The summed E-state index contributed by atoms with van der Waals surface area (Å²) in [5.74, 6) is -3.04. The number of carboxylic acids is 1. The fourth-order valence-corrected chi connectivity index (χ4v) is 5.67. The third-order valence-electron chi connectivity index (χ3n) is 7.62. The summed E-state index contributed by atoms with van der Waals surface area (Å²) in [5, 5.41) is 29.8. The second kappa shape index (κ2) is 14.7. The standard InChI is InChI=1S/C35H36F4N2O5/c1-22(2)41-29(18-17-27(42)19-28(43)20-30(44)45)31(25-13-15-26(36)16-14-25)32(24-11-7-4-8-12-24)33(41)34(46)40(35(37,38)39)21-23-9-5-3-6-10-23/h3-16,22,27-28,42-43H,17-21H2,1-2H3,(H,44,45). The predicted octanol–water partition coefficient (Wildman–Crippen LogP) is 7.22. The first-order valence-corrected chi connectivity index (χ1v) is 14.9. The highest BCUT2D eigenvalue weighted by molar-refractivity contribution is 6.05. The third kappa shape index (κ3) is 8.21. The van der Waals surface area contributed by atoms with E-state index in [0.717, 1.165) is 0 Å². The fourth-order valence-electron chi connectivity index (χ4n) is 5.67. The SMILES string of the molecule is CC(C)n1c(CCC(O)CC(O)CC(=O)O)c(-c2ccc(F)cc2)c(-c2ccccc2)c1C(=O)N(Cc1ccccc1)C(F)(F)F. The Bertz CT molecular complexity index is 1620. The quantitative estimate of drug-likeness (QED) is 0.106. The molecule has 0 aliphatic carbocycles. The van der Waals surface area contributed by atoms with Gasteiger partial charge in [0.1, 0.15) is 11.5 Å². The van der Waals surface area contributed by atoms with Crippen molar-refractivity contribution in [1.29, 1.82) is 0 Å². The molecule has 0 radical (unpaired) electrons. The monoisotopic (exact) mass is 640 g/mol. The first-order valence-electron chi connectivity index (χ1n) is 14.9. The van der Waals surface area contributed by atoms with Crippen LogP contribution in [-0.4, -0.2) is 55.2 Å². The van der Waals surface area contributed by atoms with Gasteiger partial charge in [0, 0.05) is 22.9 Å². The van der Waals surface area contributed by atoms with Crippen molar-refractivity contribution < 1.29 is 42.5 Å². The van der Waals surface area contributed by atoms with Crippen molar-refractivity contribution in [2.24, 2.45) is 0 Å². The molecule has 0 bridgehead atoms. The Morgan fingerprint density at radius 3 is 1.93 bits per heavy atom. The molecule has 46 heavy (non-hydrogen) atoms. The van der Waals surface area contributed by atoms with Gasteiger partial charge in [-0.05, 0) is 61.9 Å². The van der Waals surface area contributed by atoms with Crippen LogP contribution in [0.1, 0.15) is 60.9 Å². The number of aliphatic hydroxyl groups excluding tert-OH is 2. The van der Waals surface area contributed by atoms with Crippen LogP contribution in [0.2, 0.25) is 0 Å². The Kier molecular flexibility index (Phi) is 11.0. The smallest absolute Gasteiger partial charge is 0.481 e. The van der Waals surface area contributed by atoms with E-state index in [1.807, 2.05) is 0 Å². The number of hydrogen-bond acceptors (Lipinski definition) is 4. The number of amides is 1. The summed E-state index contributed by atoms with van der Waals surface area (Å²) >= 11 is 0. The average molecular weight is 641 g/mol. The normalized spacial score (nSPS) is 13.1. The highest BCUT2D eigenvalue weighted by Gasteiger charge is 2.44. The fraction of sp³-hybridized carbons (Fsp3) is 0.314. The van der Waals surface area contributed by atoms with E-state index in [0.29, 0.717) is 22.4 Å². The van der Waals surface area contributed by atoms with Crippen LogP contribution in [0.5, 0.6) is 0 Å². The molecule has 2 atom stereocenters. The Balaban J connectivity index is 1.96. The summed E-state index contributed by atoms with van der Waals surface area (Å²) < 4.78 is 59.7. The van der Waals surface area contributed by atoms with Crippen molar-refractivity contribution in [2.75, 3.05) is 0 Å². The first-order chi connectivity index (χ1) is 21.8. The molecule has 11 heteroatoms. The number of carbonyl (C=O) groups excluding carboxylic acids is 1. The van der Waals surface area contributed by atoms with Crippen LogP contribution in [0.25, 0.3) is 22.3 Å². The molecule has 4 aromatic rings. The summed E-state index contributed by atoms with van der Waals surface area (Å²) in [6.45, 7) is 2.72. The van der Waals surface area contributed by atoms with Crippen molar-refractivity contribution in [3.05, 3.63) is 108 Å². The number of benzene rings is 3. The van der Waals surface area contributed by atoms with Crippen molar-refractivity contribution in [3.63, 3.8) is 0 Å². The molecular weight excluding hydrogens is 604 g/mol. The molecule has 3 aromatic carbocycles. The van der Waals surface area contributed by atoms with Gasteiger partial charge in [0.05, 0.1) is 25.2 Å². The van der Waals surface area contributed by atoms with Gasteiger partial charge in [-0.25, -0.2) is 9.29 Å². The van der Waals surface area contributed by atoms with Crippen LogP contribution in [0.3, 0.4) is 0 Å². The first kappa shape index (κ1) is 34.4. The minimum Gasteiger partial charge on any atom is -0.481 e. The van der Waals surface area contributed by atoms with Gasteiger partial charge in [0.25, 0.3) is 5.91 Å². The lowest BCUT2D eigenvalue weighted by molar-refractivity contribution is -0.228. The number of aliphatic carboxylic acids is 1. The molecule has 0 saturated heterocycles. The minimum absolute atomic E-state index is 0.00350. The van der Waals surface area contributed by atoms with Crippen LogP contribution < -0.4 is 0 Å². The van der Waals surface area contributed by atoms with Gasteiger partial charge in [0.2, 0.25) is 0 Å². The third-order valence-corrected chi connectivity index (χ3v) is 7.62. The number of hydrogen-bond donors (Lipinski definition) is 3. The molecule has 1 aromatic heterocycles. The van der Waals surface area contributed by atoms with E-state index in [4.69, 9.17) is 5.11 Å². The van der Waals surface area contributed by atoms with Crippen LogP contribution in [0.15, 0.2) is 84.9 Å². The largest absolute Gasteiger partial charge is 0.487 e. The Hall–Kier alpha value is -4.48. The van der Waals surface area contributed by atoms with Gasteiger partial charge in [-0.2, -0.15) is 0 Å². The molecule has 0 spiro atoms. The van der Waals surface area contributed by atoms with E-state index in [2.05, 4.69) is 0 Å². The second-order valence-electron chi connectivity index (χ2n) is 11.4. The number of nitrogens with zero attached hydrogens (tertiary/aromatic N) is 2. The number of aliphatic hydroxyl groups is 2. The number of carboxylic acid groups (broad SMARTS) is 1. The van der Waals surface area contributed by atoms with Crippen molar-refractivity contribution >= 4 is 11.9 Å². The lowest BCUT2D eigenvalue weighted by Crippen LogP contribution is -2.43. The van der Waals surface area contributed by atoms with E-state index in [1.54, 1.807) is 62.4 Å². The van der Waals surface area contributed by atoms with Gasteiger partial charge in [-0.3, -0.25) is 9.59 Å².